The van der Waals surface area contributed by atoms with E-state index in [4.69, 9.17) is 14.5 Å². The quantitative estimate of drug-likeness (QED) is 0.257. The van der Waals surface area contributed by atoms with Crippen LogP contribution in [0.2, 0.25) is 0 Å². The fourth-order valence-electron chi connectivity index (χ4n) is 5.11. The minimum atomic E-state index is -0.222. The summed E-state index contributed by atoms with van der Waals surface area (Å²) in [4.78, 5) is 34.6. The summed E-state index contributed by atoms with van der Waals surface area (Å²) in [5, 5.41) is 11.5. The number of ether oxygens (including phenoxy) is 2. The largest absolute Gasteiger partial charge is 0.494 e. The van der Waals surface area contributed by atoms with E-state index in [1.54, 1.807) is 37.8 Å². The monoisotopic (exact) mass is 521 g/mol. The number of carbonyl (C=O) groups is 2. The lowest BCUT2D eigenvalue weighted by molar-refractivity contribution is -0.111. The second-order valence-corrected chi connectivity index (χ2v) is 9.20. The first-order valence-corrected chi connectivity index (χ1v) is 13.0. The lowest BCUT2D eigenvalue weighted by Gasteiger charge is -2.42. The van der Waals surface area contributed by atoms with E-state index in [2.05, 4.69) is 39.0 Å². The van der Waals surface area contributed by atoms with Crippen molar-refractivity contribution in [2.45, 2.75) is 57.5 Å². The molecule has 0 radical (unpaired) electrons. The fraction of sp³-hybridized carbons (Fsp3) is 0.481. The Hall–Kier alpha value is -3.86. The van der Waals surface area contributed by atoms with Gasteiger partial charge in [0.2, 0.25) is 0 Å². The Labute approximate surface area is 222 Å². The zero-order chi connectivity index (χ0) is 26.9. The van der Waals surface area contributed by atoms with E-state index in [-0.39, 0.29) is 18.6 Å². The topological polar surface area (TPSA) is 123 Å². The lowest BCUT2D eigenvalue weighted by atomic mass is 10.0. The number of rotatable bonds is 12. The number of aromatic nitrogens is 3. The van der Waals surface area contributed by atoms with Gasteiger partial charge >= 0.3 is 0 Å². The highest BCUT2D eigenvalue weighted by molar-refractivity contribution is 6.19. The summed E-state index contributed by atoms with van der Waals surface area (Å²) in [6.45, 7) is 6.72. The van der Waals surface area contributed by atoms with Crippen molar-refractivity contribution >= 4 is 36.1 Å². The van der Waals surface area contributed by atoms with E-state index in [1.807, 2.05) is 4.57 Å². The molecule has 1 atom stereocenters. The summed E-state index contributed by atoms with van der Waals surface area (Å²) in [5.41, 5.74) is 1.81. The maximum absolute atomic E-state index is 12.7. The minimum absolute atomic E-state index is 0.0212. The van der Waals surface area contributed by atoms with Crippen LogP contribution in [0, 0.1) is 0 Å². The zero-order valence-corrected chi connectivity index (χ0v) is 22.0. The number of amidine groups is 1. The molecule has 4 rings (SSSR count). The number of hydrogen-bond acceptors (Lipinski definition) is 8. The second kappa shape index (κ2) is 13.1. The summed E-state index contributed by atoms with van der Waals surface area (Å²) in [5.74, 6) is 1.89. The number of methoxy groups -OCH3 is 1. The van der Waals surface area contributed by atoms with Crippen LogP contribution >= 0.6 is 0 Å². The van der Waals surface area contributed by atoms with Crippen LogP contribution in [0.3, 0.4) is 0 Å². The highest BCUT2D eigenvalue weighted by atomic mass is 16.5. The molecular formula is C27H35N7O4. The number of carbonyl (C=O) groups excluding carboxylic acids is 2. The molecule has 202 valence electrons. The van der Waals surface area contributed by atoms with Crippen molar-refractivity contribution in [2.75, 3.05) is 26.9 Å². The van der Waals surface area contributed by atoms with E-state index in [0.717, 1.165) is 36.6 Å². The van der Waals surface area contributed by atoms with E-state index < -0.39 is 0 Å². The molecule has 1 aromatic carbocycles. The van der Waals surface area contributed by atoms with E-state index in [9.17, 15) is 9.59 Å². The molecule has 1 aliphatic carbocycles. The van der Waals surface area contributed by atoms with Gasteiger partial charge in [-0.2, -0.15) is 0 Å². The van der Waals surface area contributed by atoms with Crippen molar-refractivity contribution in [1.82, 2.24) is 25.0 Å². The van der Waals surface area contributed by atoms with Crippen LogP contribution < -0.4 is 10.1 Å². The Morgan fingerprint density at radius 2 is 2.13 bits per heavy atom. The summed E-state index contributed by atoms with van der Waals surface area (Å²) < 4.78 is 12.7. The molecule has 1 aromatic heterocycles. The first kappa shape index (κ1) is 27.2. The third-order valence-corrected chi connectivity index (χ3v) is 6.86. The normalized spacial score (nSPS) is 19.5. The van der Waals surface area contributed by atoms with Gasteiger partial charge in [0.15, 0.2) is 11.7 Å². The summed E-state index contributed by atoms with van der Waals surface area (Å²) >= 11 is 0. The van der Waals surface area contributed by atoms with Crippen LogP contribution in [0.5, 0.6) is 5.75 Å². The van der Waals surface area contributed by atoms with Gasteiger partial charge < -0.3 is 24.5 Å². The van der Waals surface area contributed by atoms with Crippen LogP contribution in [0.25, 0.3) is 5.70 Å². The number of nitrogens with one attached hydrogen (secondary N) is 1. The van der Waals surface area contributed by atoms with Crippen LogP contribution in [0.15, 0.2) is 40.7 Å². The Morgan fingerprint density at radius 3 is 2.84 bits per heavy atom. The fourth-order valence-corrected chi connectivity index (χ4v) is 5.11. The van der Waals surface area contributed by atoms with Gasteiger partial charge in [0.05, 0.1) is 19.4 Å². The predicted molar refractivity (Wildman–Crippen MR) is 145 cm³/mol. The molecule has 2 aliphatic rings. The zero-order valence-electron chi connectivity index (χ0n) is 22.0. The van der Waals surface area contributed by atoms with Crippen molar-refractivity contribution in [3.63, 3.8) is 0 Å². The average molecular weight is 522 g/mol. The molecule has 2 heterocycles. The van der Waals surface area contributed by atoms with Crippen molar-refractivity contribution in [1.29, 1.82) is 0 Å². The van der Waals surface area contributed by atoms with E-state index in [0.29, 0.717) is 48.9 Å². The standard InChI is InChI=1S/C27H35N7O4/c1-4-22-26-32-30-18-33(26)23(17-28-2)25(34(22)20-8-5-6-9-20)31-21-11-10-19(16-24(21)37-3)27(36)29-12-7-14-38-15-13-35/h10-11,13,16-18,20,22H,2,4-9,12,14-15H2,1,3H3,(H,29,36). The molecule has 1 N–H and O–H groups in total. The third-order valence-electron chi connectivity index (χ3n) is 6.86. The molecule has 11 nitrogen and oxygen atoms in total. The van der Waals surface area contributed by atoms with Crippen molar-refractivity contribution in [3.8, 4) is 5.75 Å². The predicted octanol–water partition coefficient (Wildman–Crippen LogP) is 3.56. The maximum Gasteiger partial charge on any atom is 0.251 e. The minimum Gasteiger partial charge on any atom is -0.494 e. The molecule has 38 heavy (non-hydrogen) atoms. The maximum atomic E-state index is 12.7. The average Bonchev–Trinajstić information content (AvgIpc) is 3.64. The van der Waals surface area contributed by atoms with Crippen molar-refractivity contribution in [2.24, 2.45) is 9.98 Å². The molecule has 0 bridgehead atoms. The molecule has 0 spiro atoms. The molecule has 1 unspecified atom stereocenters. The molecule has 0 saturated heterocycles. The Balaban J connectivity index is 1.66. The van der Waals surface area contributed by atoms with Crippen molar-refractivity contribution in [3.05, 3.63) is 42.1 Å². The second-order valence-electron chi connectivity index (χ2n) is 9.20. The number of aldehydes is 1. The number of amides is 1. The van der Waals surface area contributed by atoms with Gasteiger partial charge in [-0.25, -0.2) is 4.99 Å². The van der Waals surface area contributed by atoms with Gasteiger partial charge in [0.1, 0.15) is 36.4 Å². The van der Waals surface area contributed by atoms with Gasteiger partial charge in [0.25, 0.3) is 5.91 Å². The number of fused-ring (bicyclic) bond motifs is 1. The first-order valence-electron chi connectivity index (χ1n) is 13.0. The Kier molecular flexibility index (Phi) is 9.36. The van der Waals surface area contributed by atoms with Crippen molar-refractivity contribution < 1.29 is 19.1 Å². The molecule has 1 fully saturated rings. The van der Waals surface area contributed by atoms with E-state index in [1.165, 1.54) is 12.8 Å². The van der Waals surface area contributed by atoms with E-state index >= 15 is 0 Å². The Morgan fingerprint density at radius 1 is 1.32 bits per heavy atom. The van der Waals surface area contributed by atoms with Gasteiger partial charge in [-0.15, -0.1) is 10.2 Å². The molecule has 1 amide bonds. The lowest BCUT2D eigenvalue weighted by Crippen LogP contribution is -2.47. The summed E-state index contributed by atoms with van der Waals surface area (Å²) in [6.07, 6.45) is 10.0. The highest BCUT2D eigenvalue weighted by Crippen LogP contribution is 2.40. The van der Waals surface area contributed by atoms with Crippen LogP contribution in [-0.4, -0.2) is 77.3 Å². The van der Waals surface area contributed by atoms with Gasteiger partial charge in [-0.1, -0.05) is 19.8 Å². The summed E-state index contributed by atoms with van der Waals surface area (Å²) in [7, 11) is 1.56. The van der Waals surface area contributed by atoms with Crippen LogP contribution in [-0.2, 0) is 9.53 Å². The number of nitrogens with zero attached hydrogens (tertiary/aromatic N) is 6. The molecule has 2 aromatic rings. The number of aliphatic imine (C=N–C) groups is 2. The van der Waals surface area contributed by atoms with Crippen LogP contribution in [0.4, 0.5) is 5.69 Å². The number of hydrogen-bond donors (Lipinski definition) is 1. The van der Waals surface area contributed by atoms with Gasteiger partial charge in [0, 0.05) is 24.8 Å². The highest BCUT2D eigenvalue weighted by Gasteiger charge is 2.40. The first-order chi connectivity index (χ1) is 18.6. The van der Waals surface area contributed by atoms with Crippen LogP contribution in [0.1, 0.15) is 67.7 Å². The number of benzene rings is 1. The molecule has 1 saturated carbocycles. The SMILES string of the molecule is C=NC=C1C(=Nc2ccc(C(=O)NCCCOCC=O)cc2OC)N(C2CCCC2)C(CC)c2nncn21. The Bertz CT molecular complexity index is 1200. The van der Waals surface area contributed by atoms with Gasteiger partial charge in [-0.05, 0) is 50.6 Å². The summed E-state index contributed by atoms with van der Waals surface area (Å²) in [6, 6.07) is 5.57. The van der Waals surface area contributed by atoms with Gasteiger partial charge in [-0.3, -0.25) is 14.4 Å². The smallest absolute Gasteiger partial charge is 0.251 e. The molecular weight excluding hydrogens is 486 g/mol. The molecule has 1 aliphatic heterocycles. The molecule has 11 heteroatoms. The third kappa shape index (κ3) is 5.83.